The van der Waals surface area contributed by atoms with E-state index < -0.39 is 23.7 Å². The number of alkyl halides is 3. The predicted molar refractivity (Wildman–Crippen MR) is 98.8 cm³/mol. The van der Waals surface area contributed by atoms with Crippen LogP contribution >= 0.6 is 23.1 Å². The Morgan fingerprint density at radius 2 is 2.07 bits per heavy atom. The van der Waals surface area contributed by atoms with E-state index in [4.69, 9.17) is 4.74 Å². The largest absolute Gasteiger partial charge is 0.465 e. The first-order valence-corrected chi connectivity index (χ1v) is 10.1. The molecule has 1 amide bonds. The highest BCUT2D eigenvalue weighted by Crippen LogP contribution is 2.39. The summed E-state index contributed by atoms with van der Waals surface area (Å²) in [5.41, 5.74) is 0.375. The van der Waals surface area contributed by atoms with Crippen LogP contribution in [0.5, 0.6) is 0 Å². The molecule has 0 fully saturated rings. The molecule has 1 aliphatic carbocycles. The molecule has 1 aliphatic rings. The number of hydrogen-bond acceptors (Lipinski definition) is 7. The monoisotopic (exact) mass is 431 g/mol. The fourth-order valence-electron chi connectivity index (χ4n) is 2.85. The number of hydrogen-bond donors (Lipinski definition) is 1. The molecule has 2 aromatic heterocycles. The summed E-state index contributed by atoms with van der Waals surface area (Å²) in [6.07, 6.45) is -2.05. The number of fused-ring (bicyclic) bond motifs is 1. The van der Waals surface area contributed by atoms with Crippen molar-refractivity contribution in [3.8, 4) is 0 Å². The SMILES string of the molecule is COC(=O)c1c(NC(=O)CSc2nc(C)cc(C(F)(F)F)n2)sc2c1CCC2. The zero-order valence-electron chi connectivity index (χ0n) is 15.0. The van der Waals surface area contributed by atoms with Crippen LogP contribution in [0.4, 0.5) is 18.2 Å². The van der Waals surface area contributed by atoms with Crippen LogP contribution in [-0.4, -0.2) is 34.7 Å². The minimum Gasteiger partial charge on any atom is -0.465 e. The van der Waals surface area contributed by atoms with Gasteiger partial charge in [0.2, 0.25) is 5.91 Å². The molecule has 0 unspecified atom stereocenters. The highest BCUT2D eigenvalue weighted by Gasteiger charge is 2.33. The van der Waals surface area contributed by atoms with E-state index in [1.54, 1.807) is 0 Å². The van der Waals surface area contributed by atoms with Crippen LogP contribution in [0.15, 0.2) is 11.2 Å². The number of nitrogens with one attached hydrogen (secondary N) is 1. The summed E-state index contributed by atoms with van der Waals surface area (Å²) >= 11 is 2.13. The Bertz CT molecular complexity index is 928. The minimum atomic E-state index is -4.59. The molecule has 0 aliphatic heterocycles. The number of aryl methyl sites for hydroxylation is 2. The number of aromatic nitrogens is 2. The van der Waals surface area contributed by atoms with Gasteiger partial charge >= 0.3 is 12.1 Å². The Kier molecular flexibility index (Phi) is 5.94. The molecule has 1 N–H and O–H groups in total. The van der Waals surface area contributed by atoms with Crippen LogP contribution in [0.1, 0.15) is 38.6 Å². The van der Waals surface area contributed by atoms with Gasteiger partial charge in [-0.2, -0.15) is 13.2 Å². The van der Waals surface area contributed by atoms with Gasteiger partial charge in [-0.3, -0.25) is 4.79 Å². The molecule has 2 heterocycles. The van der Waals surface area contributed by atoms with Crippen molar-refractivity contribution < 1.29 is 27.5 Å². The molecule has 3 rings (SSSR count). The van der Waals surface area contributed by atoms with Gasteiger partial charge in [0.25, 0.3) is 0 Å². The van der Waals surface area contributed by atoms with E-state index in [0.29, 0.717) is 10.6 Å². The van der Waals surface area contributed by atoms with Crippen molar-refractivity contribution in [3.63, 3.8) is 0 Å². The van der Waals surface area contributed by atoms with E-state index in [-0.39, 0.29) is 16.6 Å². The van der Waals surface area contributed by atoms with Crippen molar-refractivity contribution in [1.82, 2.24) is 9.97 Å². The third-order valence-electron chi connectivity index (χ3n) is 4.02. The van der Waals surface area contributed by atoms with Crippen molar-refractivity contribution in [2.24, 2.45) is 0 Å². The van der Waals surface area contributed by atoms with E-state index in [1.165, 1.54) is 25.4 Å². The lowest BCUT2D eigenvalue weighted by atomic mass is 10.1. The Morgan fingerprint density at radius 3 is 2.75 bits per heavy atom. The molecule has 0 saturated heterocycles. The number of carbonyl (C=O) groups is 2. The molecule has 0 atom stereocenters. The predicted octanol–water partition coefficient (Wildman–Crippen LogP) is 3.87. The highest BCUT2D eigenvalue weighted by atomic mass is 32.2. The van der Waals surface area contributed by atoms with Gasteiger partial charge in [0.1, 0.15) is 10.7 Å². The van der Waals surface area contributed by atoms with Gasteiger partial charge in [0.05, 0.1) is 18.4 Å². The summed E-state index contributed by atoms with van der Waals surface area (Å²) in [5.74, 6) is -1.17. The van der Waals surface area contributed by atoms with E-state index in [2.05, 4.69) is 15.3 Å². The lowest BCUT2D eigenvalue weighted by Gasteiger charge is -2.09. The quantitative estimate of drug-likeness (QED) is 0.440. The Labute approximate surface area is 166 Å². The van der Waals surface area contributed by atoms with Gasteiger partial charge in [0.15, 0.2) is 5.16 Å². The number of anilines is 1. The minimum absolute atomic E-state index is 0.135. The summed E-state index contributed by atoms with van der Waals surface area (Å²) < 4.78 is 43.4. The normalized spacial score (nSPS) is 13.3. The zero-order valence-corrected chi connectivity index (χ0v) is 16.6. The maximum atomic E-state index is 12.8. The number of thiophene rings is 1. The van der Waals surface area contributed by atoms with Gasteiger partial charge in [0, 0.05) is 10.6 Å². The molecule has 11 heteroatoms. The molecular formula is C17H16F3N3O3S2. The molecule has 2 aromatic rings. The first-order valence-electron chi connectivity index (χ1n) is 8.27. The second-order valence-electron chi connectivity index (χ2n) is 6.06. The number of halogens is 3. The topological polar surface area (TPSA) is 81.2 Å². The van der Waals surface area contributed by atoms with Crippen molar-refractivity contribution in [2.45, 2.75) is 37.5 Å². The molecular weight excluding hydrogens is 415 g/mol. The summed E-state index contributed by atoms with van der Waals surface area (Å²) in [4.78, 5) is 32.8. The fraction of sp³-hybridized carbons (Fsp3) is 0.412. The first-order chi connectivity index (χ1) is 13.2. The molecule has 0 bridgehead atoms. The molecule has 0 saturated carbocycles. The van der Waals surface area contributed by atoms with Crippen LogP contribution < -0.4 is 5.32 Å². The third kappa shape index (κ3) is 4.46. The number of esters is 1. The molecule has 0 aromatic carbocycles. The first kappa shape index (κ1) is 20.6. The Morgan fingerprint density at radius 1 is 1.32 bits per heavy atom. The standard InChI is InChI=1S/C17H16F3N3O3S2/c1-8-6-11(17(18,19)20)22-16(21-8)27-7-12(24)23-14-13(15(25)26-2)9-4-3-5-10(9)28-14/h6H,3-5,7H2,1-2H3,(H,23,24). The fourth-order valence-corrected chi connectivity index (χ4v) is 4.85. The van der Waals surface area contributed by atoms with Gasteiger partial charge < -0.3 is 10.1 Å². The smallest absolute Gasteiger partial charge is 0.433 e. The van der Waals surface area contributed by atoms with E-state index in [1.807, 2.05) is 0 Å². The van der Waals surface area contributed by atoms with Crippen molar-refractivity contribution in [3.05, 3.63) is 33.5 Å². The lowest BCUT2D eigenvalue weighted by Crippen LogP contribution is -2.17. The Hall–Kier alpha value is -2.14. The molecule has 28 heavy (non-hydrogen) atoms. The maximum absolute atomic E-state index is 12.8. The number of thioether (sulfide) groups is 1. The molecule has 6 nitrogen and oxygen atoms in total. The van der Waals surface area contributed by atoms with Crippen LogP contribution in [0, 0.1) is 6.92 Å². The van der Waals surface area contributed by atoms with E-state index >= 15 is 0 Å². The number of nitrogens with zero attached hydrogens (tertiary/aromatic N) is 2. The average Bonchev–Trinajstić information content (AvgIpc) is 3.18. The summed E-state index contributed by atoms with van der Waals surface area (Å²) in [7, 11) is 1.27. The van der Waals surface area contributed by atoms with E-state index in [0.717, 1.165) is 47.5 Å². The number of ether oxygens (including phenoxy) is 1. The number of rotatable bonds is 5. The van der Waals surface area contributed by atoms with Gasteiger partial charge in [-0.05, 0) is 37.8 Å². The van der Waals surface area contributed by atoms with Gasteiger partial charge in [-0.15, -0.1) is 11.3 Å². The van der Waals surface area contributed by atoms with Crippen LogP contribution in [0.2, 0.25) is 0 Å². The van der Waals surface area contributed by atoms with Crippen LogP contribution in [-0.2, 0) is 28.5 Å². The average molecular weight is 431 g/mol. The number of amides is 1. The summed E-state index contributed by atoms with van der Waals surface area (Å²) in [5, 5.41) is 2.94. The molecule has 0 radical (unpaired) electrons. The summed E-state index contributed by atoms with van der Waals surface area (Å²) in [6.45, 7) is 1.43. The number of methoxy groups -OCH3 is 1. The second-order valence-corrected chi connectivity index (χ2v) is 8.11. The van der Waals surface area contributed by atoms with Crippen LogP contribution in [0.25, 0.3) is 0 Å². The number of carbonyl (C=O) groups excluding carboxylic acids is 2. The second kappa shape index (κ2) is 8.08. The third-order valence-corrected chi connectivity index (χ3v) is 6.07. The summed E-state index contributed by atoms with van der Waals surface area (Å²) in [6, 6.07) is 0.847. The lowest BCUT2D eigenvalue weighted by molar-refractivity contribution is -0.141. The molecule has 0 spiro atoms. The zero-order chi connectivity index (χ0) is 20.5. The van der Waals surface area contributed by atoms with Crippen molar-refractivity contribution in [2.75, 3.05) is 18.2 Å². The van der Waals surface area contributed by atoms with Crippen LogP contribution in [0.3, 0.4) is 0 Å². The van der Waals surface area contributed by atoms with E-state index in [9.17, 15) is 22.8 Å². The van der Waals surface area contributed by atoms with Gasteiger partial charge in [-0.1, -0.05) is 11.8 Å². The van der Waals surface area contributed by atoms with Crippen molar-refractivity contribution in [1.29, 1.82) is 0 Å². The molecule has 150 valence electrons. The Balaban J connectivity index is 1.71. The highest BCUT2D eigenvalue weighted by molar-refractivity contribution is 7.99. The maximum Gasteiger partial charge on any atom is 0.433 e. The van der Waals surface area contributed by atoms with Gasteiger partial charge in [-0.25, -0.2) is 14.8 Å². The van der Waals surface area contributed by atoms with Crippen molar-refractivity contribution >= 4 is 40.0 Å².